The molecule has 1 aromatic carbocycles. The van der Waals surface area contributed by atoms with Crippen LogP contribution in [0.25, 0.3) is 10.2 Å². The van der Waals surface area contributed by atoms with Crippen LogP contribution in [0.5, 0.6) is 0 Å². The first-order valence-corrected chi connectivity index (χ1v) is 8.91. The number of nitrogens with zero attached hydrogens (tertiary/aromatic N) is 2. The third kappa shape index (κ3) is 2.20. The molecule has 4 rings (SSSR count). The van der Waals surface area contributed by atoms with Crippen LogP contribution in [0.15, 0.2) is 24.3 Å². The molecule has 1 aromatic heterocycles. The van der Waals surface area contributed by atoms with Crippen molar-refractivity contribution in [2.24, 2.45) is 11.8 Å². The second-order valence-electron chi connectivity index (χ2n) is 6.45. The van der Waals surface area contributed by atoms with E-state index in [9.17, 15) is 0 Å². The van der Waals surface area contributed by atoms with Crippen LogP contribution in [0.1, 0.15) is 31.3 Å². The highest BCUT2D eigenvalue weighted by molar-refractivity contribution is 7.18. The molecular formula is C17H23N3S. The number of benzene rings is 1. The third-order valence-electron chi connectivity index (χ3n) is 5.34. The van der Waals surface area contributed by atoms with E-state index < -0.39 is 0 Å². The predicted octanol–water partition coefficient (Wildman–Crippen LogP) is 3.29. The molecule has 0 aliphatic carbocycles. The SMILES string of the molecule is CCC1C2CNCC2CN1C(C)c1nc2ccccc2s1. The standard InChI is InChI=1S/C17H23N3S/c1-3-15-13-9-18-8-12(13)10-20(15)11(2)17-19-14-6-4-5-7-16(14)21-17/h4-7,11-13,15,18H,3,8-10H2,1-2H3. The van der Waals surface area contributed by atoms with Crippen LogP contribution in [0.2, 0.25) is 0 Å². The average Bonchev–Trinajstić information content (AvgIpc) is 3.19. The van der Waals surface area contributed by atoms with Gasteiger partial charge in [-0.15, -0.1) is 11.3 Å². The largest absolute Gasteiger partial charge is 0.316 e. The Bertz CT molecular complexity index is 605. The Balaban J connectivity index is 1.63. The van der Waals surface area contributed by atoms with E-state index in [2.05, 4.69) is 48.3 Å². The lowest BCUT2D eigenvalue weighted by molar-refractivity contribution is 0.165. The number of hydrogen-bond acceptors (Lipinski definition) is 4. The lowest BCUT2D eigenvalue weighted by Gasteiger charge is -2.31. The fourth-order valence-corrected chi connectivity index (χ4v) is 5.29. The molecule has 0 amide bonds. The van der Waals surface area contributed by atoms with Crippen molar-refractivity contribution < 1.29 is 0 Å². The van der Waals surface area contributed by atoms with Gasteiger partial charge in [0.05, 0.1) is 16.3 Å². The zero-order valence-electron chi connectivity index (χ0n) is 12.7. The van der Waals surface area contributed by atoms with Crippen molar-refractivity contribution in [1.82, 2.24) is 15.2 Å². The topological polar surface area (TPSA) is 28.2 Å². The van der Waals surface area contributed by atoms with Crippen LogP contribution >= 0.6 is 11.3 Å². The normalized spacial score (nSPS) is 30.9. The second kappa shape index (κ2) is 5.34. The molecule has 2 aliphatic heterocycles. The average molecular weight is 301 g/mol. The van der Waals surface area contributed by atoms with Gasteiger partial charge in [0.25, 0.3) is 0 Å². The van der Waals surface area contributed by atoms with Crippen molar-refractivity contribution in [3.63, 3.8) is 0 Å². The number of aromatic nitrogens is 1. The van der Waals surface area contributed by atoms with Crippen molar-refractivity contribution in [3.05, 3.63) is 29.3 Å². The van der Waals surface area contributed by atoms with Gasteiger partial charge in [-0.25, -0.2) is 4.98 Å². The van der Waals surface area contributed by atoms with Gasteiger partial charge in [-0.3, -0.25) is 4.90 Å². The van der Waals surface area contributed by atoms with Crippen LogP contribution < -0.4 is 5.32 Å². The Morgan fingerprint density at radius 2 is 2.24 bits per heavy atom. The summed E-state index contributed by atoms with van der Waals surface area (Å²) in [6, 6.07) is 9.66. The minimum Gasteiger partial charge on any atom is -0.316 e. The maximum absolute atomic E-state index is 4.88. The molecule has 0 radical (unpaired) electrons. The molecule has 4 atom stereocenters. The molecule has 4 unspecified atom stereocenters. The summed E-state index contributed by atoms with van der Waals surface area (Å²) in [7, 11) is 0. The van der Waals surface area contributed by atoms with E-state index in [0.717, 1.165) is 17.4 Å². The van der Waals surface area contributed by atoms with Gasteiger partial charge in [0.2, 0.25) is 0 Å². The molecule has 2 aliphatic rings. The molecule has 0 saturated carbocycles. The number of rotatable bonds is 3. The monoisotopic (exact) mass is 301 g/mol. The number of thiazole rings is 1. The highest BCUT2D eigenvalue weighted by atomic mass is 32.1. The van der Waals surface area contributed by atoms with Gasteiger partial charge in [-0.1, -0.05) is 19.1 Å². The Morgan fingerprint density at radius 3 is 3.05 bits per heavy atom. The molecular weight excluding hydrogens is 278 g/mol. The molecule has 0 bridgehead atoms. The molecule has 3 nitrogen and oxygen atoms in total. The van der Waals surface area contributed by atoms with E-state index in [1.54, 1.807) is 0 Å². The third-order valence-corrected chi connectivity index (χ3v) is 6.55. The van der Waals surface area contributed by atoms with Crippen molar-refractivity contribution >= 4 is 21.6 Å². The Labute approximate surface area is 130 Å². The van der Waals surface area contributed by atoms with Gasteiger partial charge in [-0.2, -0.15) is 0 Å². The fourth-order valence-electron chi connectivity index (χ4n) is 4.25. The van der Waals surface area contributed by atoms with Crippen LogP contribution in [0, 0.1) is 11.8 Å². The Morgan fingerprint density at radius 1 is 1.38 bits per heavy atom. The van der Waals surface area contributed by atoms with E-state index in [0.29, 0.717) is 12.1 Å². The molecule has 2 saturated heterocycles. The molecule has 4 heteroatoms. The number of para-hydroxylation sites is 1. The quantitative estimate of drug-likeness (QED) is 0.943. The molecule has 2 fully saturated rings. The van der Waals surface area contributed by atoms with Crippen molar-refractivity contribution in [3.8, 4) is 0 Å². The zero-order valence-corrected chi connectivity index (χ0v) is 13.6. The number of fused-ring (bicyclic) bond motifs is 2. The van der Waals surface area contributed by atoms with E-state index in [1.165, 1.54) is 35.8 Å². The number of nitrogens with one attached hydrogen (secondary N) is 1. The summed E-state index contributed by atoms with van der Waals surface area (Å²) in [6.07, 6.45) is 1.25. The number of likely N-dealkylation sites (tertiary alicyclic amines) is 1. The Kier molecular flexibility index (Phi) is 3.48. The second-order valence-corrected chi connectivity index (χ2v) is 7.51. The zero-order chi connectivity index (χ0) is 14.4. The van der Waals surface area contributed by atoms with Gasteiger partial charge in [0.1, 0.15) is 5.01 Å². The summed E-state index contributed by atoms with van der Waals surface area (Å²) in [5.41, 5.74) is 1.15. The summed E-state index contributed by atoms with van der Waals surface area (Å²) in [5.74, 6) is 1.68. The first-order valence-electron chi connectivity index (χ1n) is 8.10. The molecule has 21 heavy (non-hydrogen) atoms. The van der Waals surface area contributed by atoms with Gasteiger partial charge in [0, 0.05) is 12.6 Å². The first-order chi connectivity index (χ1) is 10.3. The smallest absolute Gasteiger partial charge is 0.111 e. The number of hydrogen-bond donors (Lipinski definition) is 1. The van der Waals surface area contributed by atoms with Gasteiger partial charge >= 0.3 is 0 Å². The maximum Gasteiger partial charge on any atom is 0.111 e. The van der Waals surface area contributed by atoms with E-state index in [-0.39, 0.29) is 0 Å². The molecule has 3 heterocycles. The van der Waals surface area contributed by atoms with E-state index >= 15 is 0 Å². The maximum atomic E-state index is 4.88. The van der Waals surface area contributed by atoms with Gasteiger partial charge < -0.3 is 5.32 Å². The summed E-state index contributed by atoms with van der Waals surface area (Å²) in [6.45, 7) is 8.31. The molecule has 2 aromatic rings. The van der Waals surface area contributed by atoms with Crippen LogP contribution in [-0.4, -0.2) is 35.6 Å². The molecule has 1 N–H and O–H groups in total. The lowest BCUT2D eigenvalue weighted by atomic mass is 9.92. The lowest BCUT2D eigenvalue weighted by Crippen LogP contribution is -2.36. The summed E-state index contributed by atoms with van der Waals surface area (Å²) < 4.78 is 1.31. The highest BCUT2D eigenvalue weighted by Crippen LogP contribution is 2.40. The molecule has 0 spiro atoms. The van der Waals surface area contributed by atoms with Crippen molar-refractivity contribution in [2.45, 2.75) is 32.4 Å². The fraction of sp³-hybridized carbons (Fsp3) is 0.588. The molecule has 112 valence electrons. The van der Waals surface area contributed by atoms with Crippen LogP contribution in [-0.2, 0) is 0 Å². The summed E-state index contributed by atoms with van der Waals surface area (Å²) in [5, 5.41) is 4.85. The van der Waals surface area contributed by atoms with Crippen LogP contribution in [0.4, 0.5) is 0 Å². The van der Waals surface area contributed by atoms with Crippen LogP contribution in [0.3, 0.4) is 0 Å². The minimum atomic E-state index is 0.443. The summed E-state index contributed by atoms with van der Waals surface area (Å²) in [4.78, 5) is 7.60. The van der Waals surface area contributed by atoms with Gasteiger partial charge in [-0.05, 0) is 50.4 Å². The Hall–Kier alpha value is -0.970. The highest BCUT2D eigenvalue weighted by Gasteiger charge is 2.45. The predicted molar refractivity (Wildman–Crippen MR) is 88.7 cm³/mol. The van der Waals surface area contributed by atoms with Gasteiger partial charge in [0.15, 0.2) is 0 Å². The first kappa shape index (κ1) is 13.7. The summed E-state index contributed by atoms with van der Waals surface area (Å²) >= 11 is 1.86. The van der Waals surface area contributed by atoms with E-state index in [4.69, 9.17) is 4.98 Å². The van der Waals surface area contributed by atoms with Crippen molar-refractivity contribution in [2.75, 3.05) is 19.6 Å². The minimum absolute atomic E-state index is 0.443. The van der Waals surface area contributed by atoms with E-state index in [1.807, 2.05) is 11.3 Å². The van der Waals surface area contributed by atoms with Crippen molar-refractivity contribution in [1.29, 1.82) is 0 Å².